The van der Waals surface area contributed by atoms with Crippen LogP contribution < -0.4 is 11.1 Å². The molecule has 23 heavy (non-hydrogen) atoms. The van der Waals surface area contributed by atoms with Crippen LogP contribution >= 0.6 is 0 Å². The molecule has 8 heteroatoms. The zero-order valence-corrected chi connectivity index (χ0v) is 13.1. The van der Waals surface area contributed by atoms with Gasteiger partial charge >= 0.3 is 6.18 Å². The number of hydrogen-bond donors (Lipinski definition) is 2. The lowest BCUT2D eigenvalue weighted by Gasteiger charge is -2.43. The molecule has 1 saturated carbocycles. The van der Waals surface area contributed by atoms with Gasteiger partial charge < -0.3 is 11.1 Å². The number of halogens is 3. The number of hydrogen-bond acceptors (Lipinski definition) is 4. The number of alkyl halides is 3. The van der Waals surface area contributed by atoms with Gasteiger partial charge in [0.25, 0.3) is 0 Å². The third-order valence-electron chi connectivity index (χ3n) is 4.96. The monoisotopic (exact) mass is 335 g/mol. The molecule has 1 aliphatic carbocycles. The molecule has 1 heterocycles. The third-order valence-corrected chi connectivity index (χ3v) is 4.96. The van der Waals surface area contributed by atoms with Gasteiger partial charge in [-0.25, -0.2) is 0 Å². The van der Waals surface area contributed by atoms with Crippen molar-refractivity contribution in [2.24, 2.45) is 5.73 Å². The summed E-state index contributed by atoms with van der Waals surface area (Å²) in [5.74, 6) is -0.387. The van der Waals surface area contributed by atoms with Crippen molar-refractivity contribution in [3.63, 3.8) is 0 Å². The standard InChI is InChI=1S/C15H24F3N3O2/c16-15(17,18)5-8-20-14(13(19)23)6-9-21(10-7-14)11-3-1-2-4-12(11)22/h11,20H,1-10H2,(H2,19,23). The number of rotatable bonds is 5. The van der Waals surface area contributed by atoms with E-state index in [-0.39, 0.29) is 18.4 Å². The first-order valence-electron chi connectivity index (χ1n) is 8.12. The van der Waals surface area contributed by atoms with E-state index in [0.717, 1.165) is 19.3 Å². The Morgan fingerprint density at radius 1 is 1.30 bits per heavy atom. The molecule has 1 aliphatic heterocycles. The van der Waals surface area contributed by atoms with Crippen LogP contribution in [0.2, 0.25) is 0 Å². The van der Waals surface area contributed by atoms with E-state index in [1.807, 2.05) is 4.90 Å². The van der Waals surface area contributed by atoms with Gasteiger partial charge in [-0.05, 0) is 25.7 Å². The molecule has 0 radical (unpaired) electrons. The highest BCUT2D eigenvalue weighted by Crippen LogP contribution is 2.28. The van der Waals surface area contributed by atoms with E-state index in [0.29, 0.717) is 32.4 Å². The van der Waals surface area contributed by atoms with Crippen molar-refractivity contribution in [2.45, 2.75) is 62.7 Å². The van der Waals surface area contributed by atoms with Crippen LogP contribution in [0.4, 0.5) is 13.2 Å². The number of nitrogens with zero attached hydrogens (tertiary/aromatic N) is 1. The summed E-state index contributed by atoms with van der Waals surface area (Å²) in [6.45, 7) is 0.672. The summed E-state index contributed by atoms with van der Waals surface area (Å²) in [5, 5.41) is 2.72. The van der Waals surface area contributed by atoms with Crippen LogP contribution in [0, 0.1) is 0 Å². The predicted molar refractivity (Wildman–Crippen MR) is 78.7 cm³/mol. The van der Waals surface area contributed by atoms with Gasteiger partial charge in [0, 0.05) is 26.1 Å². The van der Waals surface area contributed by atoms with Crippen molar-refractivity contribution in [1.82, 2.24) is 10.2 Å². The molecule has 1 saturated heterocycles. The summed E-state index contributed by atoms with van der Waals surface area (Å²) in [5.41, 5.74) is 4.34. The highest BCUT2D eigenvalue weighted by atomic mass is 19.4. The van der Waals surface area contributed by atoms with Crippen LogP contribution in [0.5, 0.6) is 0 Å². The summed E-state index contributed by atoms with van der Waals surface area (Å²) in [7, 11) is 0. The van der Waals surface area contributed by atoms with Crippen molar-refractivity contribution < 1.29 is 22.8 Å². The Balaban J connectivity index is 1.92. The summed E-state index contributed by atoms with van der Waals surface area (Å²) in [6, 6.07) is -0.107. The van der Waals surface area contributed by atoms with Gasteiger partial charge in [0.15, 0.2) is 0 Å². The van der Waals surface area contributed by atoms with Gasteiger partial charge in [-0.15, -0.1) is 0 Å². The van der Waals surface area contributed by atoms with Gasteiger partial charge in [0.1, 0.15) is 11.3 Å². The second-order valence-electron chi connectivity index (χ2n) is 6.50. The van der Waals surface area contributed by atoms with E-state index in [4.69, 9.17) is 5.73 Å². The molecule has 2 aliphatic rings. The SMILES string of the molecule is NC(=O)C1(NCCC(F)(F)F)CCN(C2CCCCC2=O)CC1. The molecule has 1 unspecified atom stereocenters. The fourth-order valence-corrected chi connectivity index (χ4v) is 3.52. The molecule has 2 fully saturated rings. The zero-order chi connectivity index (χ0) is 17.1. The maximum Gasteiger partial charge on any atom is 0.390 e. The molecule has 0 aromatic carbocycles. The third kappa shape index (κ3) is 4.67. The quantitative estimate of drug-likeness (QED) is 0.795. The molecule has 1 amide bonds. The Bertz CT molecular complexity index is 446. The van der Waals surface area contributed by atoms with E-state index in [9.17, 15) is 22.8 Å². The number of nitrogens with one attached hydrogen (secondary N) is 1. The highest BCUT2D eigenvalue weighted by molar-refractivity contribution is 5.86. The molecule has 5 nitrogen and oxygen atoms in total. The Kier molecular flexibility index (Phi) is 5.67. The largest absolute Gasteiger partial charge is 0.390 e. The fraction of sp³-hybridized carbons (Fsp3) is 0.867. The van der Waals surface area contributed by atoms with E-state index >= 15 is 0 Å². The van der Waals surface area contributed by atoms with Gasteiger partial charge in [-0.3, -0.25) is 14.5 Å². The first-order chi connectivity index (χ1) is 10.7. The summed E-state index contributed by atoms with van der Waals surface area (Å²) < 4.78 is 36.8. The number of Topliss-reactive ketones (excluding diaryl/α,β-unsaturated/α-hetero) is 1. The molecule has 0 spiro atoms. The number of piperidine rings is 1. The first-order valence-corrected chi connectivity index (χ1v) is 8.12. The topological polar surface area (TPSA) is 75.4 Å². The normalized spacial score (nSPS) is 26.2. The van der Waals surface area contributed by atoms with Crippen LogP contribution in [0.1, 0.15) is 44.9 Å². The van der Waals surface area contributed by atoms with Gasteiger partial charge in [-0.1, -0.05) is 6.42 Å². The number of amides is 1. The zero-order valence-electron chi connectivity index (χ0n) is 13.1. The predicted octanol–water partition coefficient (Wildman–Crippen LogP) is 1.36. The Morgan fingerprint density at radius 2 is 1.96 bits per heavy atom. The van der Waals surface area contributed by atoms with E-state index in [1.165, 1.54) is 0 Å². The number of likely N-dealkylation sites (tertiary alicyclic amines) is 1. The number of nitrogens with two attached hydrogens (primary N) is 1. The van der Waals surface area contributed by atoms with Crippen LogP contribution in [-0.2, 0) is 9.59 Å². The Labute approximate surface area is 133 Å². The van der Waals surface area contributed by atoms with Crippen LogP contribution in [0.25, 0.3) is 0 Å². The van der Waals surface area contributed by atoms with Gasteiger partial charge in [-0.2, -0.15) is 13.2 Å². The van der Waals surface area contributed by atoms with Crippen LogP contribution in [0.3, 0.4) is 0 Å². The van der Waals surface area contributed by atoms with E-state index in [2.05, 4.69) is 5.32 Å². The van der Waals surface area contributed by atoms with Gasteiger partial charge in [0.05, 0.1) is 12.5 Å². The molecule has 2 rings (SSSR count). The second kappa shape index (κ2) is 7.17. The minimum Gasteiger partial charge on any atom is -0.368 e. The second-order valence-corrected chi connectivity index (χ2v) is 6.50. The molecular formula is C15H24F3N3O2. The average Bonchev–Trinajstić information content (AvgIpc) is 2.47. The fourth-order valence-electron chi connectivity index (χ4n) is 3.52. The summed E-state index contributed by atoms with van der Waals surface area (Å²) in [4.78, 5) is 25.8. The lowest BCUT2D eigenvalue weighted by Crippen LogP contribution is -2.62. The molecule has 132 valence electrons. The Morgan fingerprint density at radius 3 is 2.48 bits per heavy atom. The van der Waals surface area contributed by atoms with Crippen molar-refractivity contribution in [1.29, 1.82) is 0 Å². The lowest BCUT2D eigenvalue weighted by molar-refractivity contribution is -0.138. The maximum absolute atomic E-state index is 12.3. The van der Waals surface area contributed by atoms with Crippen molar-refractivity contribution in [2.75, 3.05) is 19.6 Å². The number of primary amides is 1. The molecule has 3 N–H and O–H groups in total. The number of carbonyl (C=O) groups excluding carboxylic acids is 2. The molecule has 0 bridgehead atoms. The minimum absolute atomic E-state index is 0.107. The average molecular weight is 335 g/mol. The number of ketones is 1. The molecule has 0 aromatic rings. The van der Waals surface area contributed by atoms with Crippen molar-refractivity contribution >= 4 is 11.7 Å². The van der Waals surface area contributed by atoms with Crippen LogP contribution in [-0.4, -0.2) is 54.0 Å². The first kappa shape index (κ1) is 18.2. The summed E-state index contributed by atoms with van der Waals surface area (Å²) in [6.07, 6.45) is -1.23. The van der Waals surface area contributed by atoms with E-state index in [1.54, 1.807) is 0 Å². The molecular weight excluding hydrogens is 311 g/mol. The maximum atomic E-state index is 12.3. The van der Waals surface area contributed by atoms with Gasteiger partial charge in [0.2, 0.25) is 5.91 Å². The van der Waals surface area contributed by atoms with E-state index < -0.39 is 24.0 Å². The highest BCUT2D eigenvalue weighted by Gasteiger charge is 2.42. The Hall–Kier alpha value is -1.15. The van der Waals surface area contributed by atoms with Crippen molar-refractivity contribution in [3.05, 3.63) is 0 Å². The molecule has 0 aromatic heterocycles. The van der Waals surface area contributed by atoms with Crippen molar-refractivity contribution in [3.8, 4) is 0 Å². The number of carbonyl (C=O) groups is 2. The smallest absolute Gasteiger partial charge is 0.368 e. The summed E-state index contributed by atoms with van der Waals surface area (Å²) >= 11 is 0. The lowest BCUT2D eigenvalue weighted by atomic mass is 9.84. The molecule has 1 atom stereocenters. The minimum atomic E-state index is -4.26. The van der Waals surface area contributed by atoms with Crippen LogP contribution in [0.15, 0.2) is 0 Å².